The Morgan fingerprint density at radius 3 is 2.26 bits per heavy atom. The zero-order valence-corrected chi connectivity index (χ0v) is 14.1. The lowest BCUT2D eigenvalue weighted by molar-refractivity contribution is 0.141. The second-order valence-corrected chi connectivity index (χ2v) is 7.74. The Bertz CT molecular complexity index is 543. The molecular weight excluding hydrogens is 290 g/mol. The van der Waals surface area contributed by atoms with Gasteiger partial charge in [0.05, 0.1) is 0 Å². The topological polar surface area (TPSA) is 0 Å². The summed E-state index contributed by atoms with van der Waals surface area (Å²) >= 11 is 0. The third-order valence-electron chi connectivity index (χ3n) is 6.40. The molecule has 23 heavy (non-hydrogen) atoms. The van der Waals surface area contributed by atoms with Gasteiger partial charge in [0, 0.05) is 0 Å². The zero-order valence-electron chi connectivity index (χ0n) is 14.1. The minimum absolute atomic E-state index is 0.380. The largest absolute Gasteiger partial charge is 0.204 e. The highest BCUT2D eigenvalue weighted by Gasteiger charge is 2.34. The fourth-order valence-corrected chi connectivity index (χ4v) is 4.96. The van der Waals surface area contributed by atoms with Crippen molar-refractivity contribution >= 4 is 0 Å². The van der Waals surface area contributed by atoms with Crippen molar-refractivity contribution in [1.82, 2.24) is 0 Å². The van der Waals surface area contributed by atoms with Crippen LogP contribution in [-0.2, 0) is 0 Å². The maximum absolute atomic E-state index is 13.5. The molecule has 0 aromatic heterocycles. The van der Waals surface area contributed by atoms with E-state index >= 15 is 0 Å². The molecule has 0 amide bonds. The van der Waals surface area contributed by atoms with E-state index in [1.165, 1.54) is 50.7 Å². The third-order valence-corrected chi connectivity index (χ3v) is 6.40. The molecule has 2 aliphatic carbocycles. The molecule has 0 radical (unpaired) electrons. The molecular formula is C21H28F2. The van der Waals surface area contributed by atoms with E-state index in [0.29, 0.717) is 11.8 Å². The monoisotopic (exact) mass is 318 g/mol. The predicted molar refractivity (Wildman–Crippen MR) is 91.2 cm³/mol. The minimum Gasteiger partial charge on any atom is -0.204 e. The second-order valence-electron chi connectivity index (χ2n) is 7.74. The molecule has 1 aromatic rings. The highest BCUT2D eigenvalue weighted by Crippen LogP contribution is 2.46. The smallest absolute Gasteiger partial charge is 0.159 e. The van der Waals surface area contributed by atoms with Crippen LogP contribution in [0, 0.1) is 35.3 Å². The first kappa shape index (κ1) is 16.7. The average Bonchev–Trinajstić information content (AvgIpc) is 2.57. The maximum Gasteiger partial charge on any atom is 0.159 e. The minimum atomic E-state index is -0.742. The van der Waals surface area contributed by atoms with E-state index < -0.39 is 11.6 Å². The Morgan fingerprint density at radius 2 is 1.65 bits per heavy atom. The molecule has 3 rings (SSSR count). The standard InChI is InChI=1S/C21H28F2/c1-3-15-4-6-16(7-5-15)17-8-10-19(14(2)12-17)18-9-11-20(22)21(23)13-18/h3,9,11,13-17,19H,1,4-8,10,12H2,2H3. The normalized spacial score (nSPS) is 35.0. The molecule has 0 heterocycles. The van der Waals surface area contributed by atoms with Gasteiger partial charge in [-0.2, -0.15) is 0 Å². The molecule has 126 valence electrons. The summed E-state index contributed by atoms with van der Waals surface area (Å²) in [6.45, 7) is 6.22. The van der Waals surface area contributed by atoms with Crippen molar-refractivity contribution in [3.05, 3.63) is 48.1 Å². The van der Waals surface area contributed by atoms with Crippen LogP contribution in [-0.4, -0.2) is 0 Å². The van der Waals surface area contributed by atoms with Gasteiger partial charge in [0.15, 0.2) is 11.6 Å². The van der Waals surface area contributed by atoms with E-state index in [4.69, 9.17) is 0 Å². The van der Waals surface area contributed by atoms with Crippen LogP contribution in [0.15, 0.2) is 30.9 Å². The Labute approximate surface area is 139 Å². The van der Waals surface area contributed by atoms with E-state index in [1.807, 2.05) is 0 Å². The molecule has 0 spiro atoms. The first-order chi connectivity index (χ1) is 11.1. The SMILES string of the molecule is C=CC1CCC(C2CCC(c3ccc(F)c(F)c3)C(C)C2)CC1. The van der Waals surface area contributed by atoms with Crippen molar-refractivity contribution in [3.8, 4) is 0 Å². The van der Waals surface area contributed by atoms with Crippen LogP contribution >= 0.6 is 0 Å². The van der Waals surface area contributed by atoms with E-state index in [9.17, 15) is 8.78 Å². The van der Waals surface area contributed by atoms with Crippen LogP contribution in [0.2, 0.25) is 0 Å². The summed E-state index contributed by atoms with van der Waals surface area (Å²) in [5.41, 5.74) is 0.977. The fourth-order valence-electron chi connectivity index (χ4n) is 4.96. The molecule has 0 saturated heterocycles. The van der Waals surface area contributed by atoms with Crippen LogP contribution in [0.3, 0.4) is 0 Å². The van der Waals surface area contributed by atoms with Gasteiger partial charge < -0.3 is 0 Å². The first-order valence-electron chi connectivity index (χ1n) is 9.16. The van der Waals surface area contributed by atoms with Gasteiger partial charge in [-0.1, -0.05) is 19.1 Å². The zero-order chi connectivity index (χ0) is 16.4. The van der Waals surface area contributed by atoms with Crippen molar-refractivity contribution < 1.29 is 8.78 Å². The van der Waals surface area contributed by atoms with Crippen LogP contribution in [0.5, 0.6) is 0 Å². The van der Waals surface area contributed by atoms with E-state index in [0.717, 1.165) is 29.7 Å². The summed E-state index contributed by atoms with van der Waals surface area (Å²) in [5.74, 6) is 1.88. The lowest BCUT2D eigenvalue weighted by atomic mass is 9.65. The van der Waals surface area contributed by atoms with Crippen molar-refractivity contribution in [3.63, 3.8) is 0 Å². The summed E-state index contributed by atoms with van der Waals surface area (Å²) in [6, 6.07) is 4.46. The van der Waals surface area contributed by atoms with Gasteiger partial charge in [-0.3, -0.25) is 0 Å². The maximum atomic E-state index is 13.5. The van der Waals surface area contributed by atoms with E-state index in [2.05, 4.69) is 19.6 Å². The number of hydrogen-bond acceptors (Lipinski definition) is 0. The average molecular weight is 318 g/mol. The van der Waals surface area contributed by atoms with Gasteiger partial charge in [-0.05, 0) is 92.2 Å². The molecule has 2 saturated carbocycles. The summed E-state index contributed by atoms with van der Waals surface area (Å²) in [6.07, 6.45) is 11.0. The van der Waals surface area contributed by atoms with Crippen molar-refractivity contribution in [2.24, 2.45) is 23.7 Å². The quantitative estimate of drug-likeness (QED) is 0.560. The van der Waals surface area contributed by atoms with Crippen LogP contribution in [0.4, 0.5) is 8.78 Å². The summed E-state index contributed by atoms with van der Waals surface area (Å²) in [7, 11) is 0. The molecule has 3 atom stereocenters. The lowest BCUT2D eigenvalue weighted by Gasteiger charge is -2.40. The third kappa shape index (κ3) is 3.67. The van der Waals surface area contributed by atoms with Crippen molar-refractivity contribution in [2.45, 2.75) is 57.8 Å². The fraction of sp³-hybridized carbons (Fsp3) is 0.619. The molecule has 0 bridgehead atoms. The Morgan fingerprint density at radius 1 is 0.957 bits per heavy atom. The highest BCUT2D eigenvalue weighted by atomic mass is 19.2. The molecule has 3 unspecified atom stereocenters. The summed E-state index contributed by atoms with van der Waals surface area (Å²) in [4.78, 5) is 0. The number of rotatable bonds is 3. The first-order valence-corrected chi connectivity index (χ1v) is 9.16. The van der Waals surface area contributed by atoms with Crippen LogP contribution in [0.25, 0.3) is 0 Å². The lowest BCUT2D eigenvalue weighted by Crippen LogP contribution is -2.29. The van der Waals surface area contributed by atoms with Crippen LogP contribution in [0.1, 0.15) is 63.4 Å². The molecule has 2 fully saturated rings. The highest BCUT2D eigenvalue weighted by molar-refractivity contribution is 5.23. The van der Waals surface area contributed by atoms with E-state index in [1.54, 1.807) is 6.07 Å². The Hall–Kier alpha value is -1.18. The predicted octanol–water partition coefficient (Wildman–Crippen LogP) is 6.48. The Balaban J connectivity index is 1.61. The number of benzene rings is 1. The van der Waals surface area contributed by atoms with Gasteiger partial charge in [0.25, 0.3) is 0 Å². The van der Waals surface area contributed by atoms with Crippen molar-refractivity contribution in [2.75, 3.05) is 0 Å². The molecule has 0 N–H and O–H groups in total. The van der Waals surface area contributed by atoms with Gasteiger partial charge in [0.1, 0.15) is 0 Å². The molecule has 0 nitrogen and oxygen atoms in total. The van der Waals surface area contributed by atoms with Gasteiger partial charge in [-0.25, -0.2) is 8.78 Å². The number of halogens is 2. The van der Waals surface area contributed by atoms with E-state index in [-0.39, 0.29) is 0 Å². The molecule has 0 aliphatic heterocycles. The van der Waals surface area contributed by atoms with Gasteiger partial charge in [0.2, 0.25) is 0 Å². The molecule has 1 aromatic carbocycles. The molecule has 2 heteroatoms. The van der Waals surface area contributed by atoms with Crippen LogP contribution < -0.4 is 0 Å². The van der Waals surface area contributed by atoms with Gasteiger partial charge >= 0.3 is 0 Å². The summed E-state index contributed by atoms with van der Waals surface area (Å²) < 4.78 is 26.7. The van der Waals surface area contributed by atoms with Crippen molar-refractivity contribution in [1.29, 1.82) is 0 Å². The Kier molecular flexibility index (Phi) is 5.18. The number of allylic oxidation sites excluding steroid dienone is 1. The molecule has 2 aliphatic rings. The second kappa shape index (κ2) is 7.15. The summed E-state index contributed by atoms with van der Waals surface area (Å²) in [5, 5.41) is 0. The number of hydrogen-bond donors (Lipinski definition) is 0. The van der Waals surface area contributed by atoms with Gasteiger partial charge in [-0.15, -0.1) is 6.58 Å².